The second kappa shape index (κ2) is 12.9. The molecule has 0 unspecified atom stereocenters. The van der Waals surface area contributed by atoms with E-state index in [4.69, 9.17) is 9.47 Å². The zero-order valence-corrected chi connectivity index (χ0v) is 21.6. The van der Waals surface area contributed by atoms with Gasteiger partial charge in [-0.15, -0.1) is 0 Å². The molecule has 4 rings (SSSR count). The number of para-hydroxylation sites is 1. The third-order valence-electron chi connectivity index (χ3n) is 6.71. The van der Waals surface area contributed by atoms with Gasteiger partial charge in [-0.25, -0.2) is 4.98 Å². The Balaban J connectivity index is 1.69. The minimum Gasteiger partial charge on any atom is -0.491 e. The van der Waals surface area contributed by atoms with Crippen LogP contribution in [0.25, 0.3) is 0 Å². The molecule has 0 aliphatic carbocycles. The predicted molar refractivity (Wildman–Crippen MR) is 143 cm³/mol. The lowest BCUT2D eigenvalue weighted by atomic mass is 10.0. The van der Waals surface area contributed by atoms with E-state index in [1.165, 1.54) is 0 Å². The lowest BCUT2D eigenvalue weighted by Gasteiger charge is -2.32. The quantitative estimate of drug-likeness (QED) is 0.510. The molecule has 1 aromatic heterocycles. The van der Waals surface area contributed by atoms with Crippen molar-refractivity contribution in [2.24, 2.45) is 0 Å². The average Bonchev–Trinajstić information content (AvgIpc) is 2.94. The normalized spacial score (nSPS) is 17.4. The molecule has 7 heteroatoms. The number of carbonyl (C=O) groups is 2. The molecule has 0 N–H and O–H groups in total. The second-order valence-corrected chi connectivity index (χ2v) is 9.36. The number of methoxy groups -OCH3 is 1. The first-order valence-corrected chi connectivity index (χ1v) is 12.9. The summed E-state index contributed by atoms with van der Waals surface area (Å²) in [6, 6.07) is 22.4. The Labute approximate surface area is 219 Å². The molecule has 1 aliphatic heterocycles. The van der Waals surface area contributed by atoms with Crippen molar-refractivity contribution >= 4 is 11.8 Å². The Morgan fingerprint density at radius 1 is 0.946 bits per heavy atom. The Morgan fingerprint density at radius 3 is 2.46 bits per heavy atom. The van der Waals surface area contributed by atoms with Crippen LogP contribution in [0.4, 0.5) is 0 Å². The highest BCUT2D eigenvalue weighted by molar-refractivity contribution is 5.96. The summed E-state index contributed by atoms with van der Waals surface area (Å²) >= 11 is 0. The maximum Gasteiger partial charge on any atom is 0.272 e. The van der Waals surface area contributed by atoms with Crippen LogP contribution in [0, 0.1) is 0 Å². The largest absolute Gasteiger partial charge is 0.491 e. The van der Waals surface area contributed by atoms with Crippen molar-refractivity contribution < 1.29 is 19.1 Å². The van der Waals surface area contributed by atoms with Gasteiger partial charge in [0, 0.05) is 26.2 Å². The van der Waals surface area contributed by atoms with E-state index in [1.807, 2.05) is 48.3 Å². The minimum absolute atomic E-state index is 0.0548. The molecule has 0 saturated heterocycles. The van der Waals surface area contributed by atoms with Crippen molar-refractivity contribution in [2.75, 3.05) is 33.9 Å². The highest BCUT2D eigenvalue weighted by Crippen LogP contribution is 2.23. The van der Waals surface area contributed by atoms with Gasteiger partial charge in [-0.2, -0.15) is 0 Å². The van der Waals surface area contributed by atoms with Crippen molar-refractivity contribution in [3.05, 3.63) is 89.6 Å². The Kier molecular flexibility index (Phi) is 9.13. The summed E-state index contributed by atoms with van der Waals surface area (Å²) in [7, 11) is 3.38. The molecular formula is C30H35N3O4. The zero-order valence-electron chi connectivity index (χ0n) is 21.6. The number of fused-ring (bicyclic) bond motifs is 1. The molecule has 1 atom stereocenters. The summed E-state index contributed by atoms with van der Waals surface area (Å²) in [5.41, 5.74) is 1.99. The molecule has 0 spiro atoms. The maximum absolute atomic E-state index is 13.8. The standard InChI is InChI=1S/C30H35N3O4/c1-32-19-10-3-4-11-20-33(30(35)26-16-12-18-28(31-26)36-2)24(21-23-13-6-5-7-14-23)22-37-27-17-9-8-15-25(27)29(32)34/h5-9,12-18,24H,3-4,10-11,19-22H2,1-2H3/t24-/m0/s1. The minimum atomic E-state index is -0.258. The van der Waals surface area contributed by atoms with Crippen LogP contribution in [0.15, 0.2) is 72.8 Å². The topological polar surface area (TPSA) is 72.0 Å². The Morgan fingerprint density at radius 2 is 1.68 bits per heavy atom. The molecule has 0 radical (unpaired) electrons. The number of benzene rings is 2. The number of nitrogens with zero attached hydrogens (tertiary/aromatic N) is 3. The van der Waals surface area contributed by atoms with Crippen molar-refractivity contribution in [3.8, 4) is 11.6 Å². The van der Waals surface area contributed by atoms with E-state index in [1.54, 1.807) is 36.3 Å². The summed E-state index contributed by atoms with van der Waals surface area (Å²) in [5.74, 6) is 0.724. The van der Waals surface area contributed by atoms with E-state index in [-0.39, 0.29) is 24.5 Å². The summed E-state index contributed by atoms with van der Waals surface area (Å²) in [5, 5.41) is 0. The van der Waals surface area contributed by atoms with Crippen molar-refractivity contribution in [3.63, 3.8) is 0 Å². The van der Waals surface area contributed by atoms with Gasteiger partial charge in [0.05, 0.1) is 18.7 Å². The fourth-order valence-electron chi connectivity index (χ4n) is 4.64. The number of hydrogen-bond acceptors (Lipinski definition) is 5. The molecule has 1 aliphatic rings. The maximum atomic E-state index is 13.8. The SMILES string of the molecule is COc1cccc(C(=O)N2CCCCCCN(C)C(=O)c3ccccc3OC[C@@H]2Cc2ccccc2)n1. The molecular weight excluding hydrogens is 466 g/mol. The molecule has 2 amide bonds. The van der Waals surface area contributed by atoms with Crippen LogP contribution in [0.3, 0.4) is 0 Å². The molecule has 0 bridgehead atoms. The van der Waals surface area contributed by atoms with E-state index in [9.17, 15) is 9.59 Å². The molecule has 0 saturated carbocycles. The first kappa shape index (κ1) is 26.2. The van der Waals surface area contributed by atoms with E-state index in [0.717, 1.165) is 31.2 Å². The lowest BCUT2D eigenvalue weighted by Crippen LogP contribution is -2.46. The number of pyridine rings is 1. The van der Waals surface area contributed by atoms with Crippen molar-refractivity contribution in [1.29, 1.82) is 0 Å². The monoisotopic (exact) mass is 501 g/mol. The van der Waals surface area contributed by atoms with Crippen molar-refractivity contribution in [1.82, 2.24) is 14.8 Å². The highest BCUT2D eigenvalue weighted by atomic mass is 16.5. The smallest absolute Gasteiger partial charge is 0.272 e. The fraction of sp³-hybridized carbons (Fsp3) is 0.367. The third-order valence-corrected chi connectivity index (χ3v) is 6.71. The van der Waals surface area contributed by atoms with E-state index in [2.05, 4.69) is 17.1 Å². The Hall–Kier alpha value is -3.87. The Bertz CT molecular complexity index is 1180. The van der Waals surface area contributed by atoms with Gasteiger partial charge >= 0.3 is 0 Å². The van der Waals surface area contributed by atoms with Gasteiger partial charge in [-0.1, -0.05) is 61.4 Å². The number of carbonyl (C=O) groups excluding carboxylic acids is 2. The molecule has 2 heterocycles. The molecule has 37 heavy (non-hydrogen) atoms. The zero-order chi connectivity index (χ0) is 26.0. The van der Waals surface area contributed by atoms with Crippen LogP contribution in [0.1, 0.15) is 52.1 Å². The van der Waals surface area contributed by atoms with Crippen molar-refractivity contribution in [2.45, 2.75) is 38.1 Å². The van der Waals surface area contributed by atoms with Gasteiger partial charge in [0.15, 0.2) is 0 Å². The van der Waals surface area contributed by atoms with Crippen LogP contribution in [-0.4, -0.2) is 66.5 Å². The first-order valence-electron chi connectivity index (χ1n) is 12.9. The van der Waals surface area contributed by atoms with E-state index in [0.29, 0.717) is 42.4 Å². The van der Waals surface area contributed by atoms with E-state index >= 15 is 0 Å². The van der Waals surface area contributed by atoms with Crippen LogP contribution < -0.4 is 9.47 Å². The van der Waals surface area contributed by atoms with Crippen LogP contribution in [-0.2, 0) is 6.42 Å². The number of rotatable bonds is 4. The summed E-state index contributed by atoms with van der Waals surface area (Å²) in [6.07, 6.45) is 4.33. The molecule has 2 aromatic carbocycles. The van der Waals surface area contributed by atoms with Gasteiger partial charge < -0.3 is 19.3 Å². The van der Waals surface area contributed by atoms with Gasteiger partial charge in [0.1, 0.15) is 18.1 Å². The number of hydrogen-bond donors (Lipinski definition) is 0. The number of aromatic nitrogens is 1. The summed E-state index contributed by atoms with van der Waals surface area (Å²) in [4.78, 5) is 35.1. The number of amides is 2. The van der Waals surface area contributed by atoms with Crippen LogP contribution in [0.2, 0.25) is 0 Å². The van der Waals surface area contributed by atoms with Gasteiger partial charge in [0.25, 0.3) is 11.8 Å². The average molecular weight is 502 g/mol. The number of ether oxygens (including phenoxy) is 2. The molecule has 7 nitrogen and oxygen atoms in total. The predicted octanol–water partition coefficient (Wildman–Crippen LogP) is 4.87. The molecule has 0 fully saturated rings. The lowest BCUT2D eigenvalue weighted by molar-refractivity contribution is 0.0593. The first-order chi connectivity index (χ1) is 18.1. The summed E-state index contributed by atoms with van der Waals surface area (Å²) < 4.78 is 11.6. The van der Waals surface area contributed by atoms with Gasteiger partial charge in [0.2, 0.25) is 5.88 Å². The highest BCUT2D eigenvalue weighted by Gasteiger charge is 2.28. The fourth-order valence-corrected chi connectivity index (χ4v) is 4.64. The van der Waals surface area contributed by atoms with Crippen LogP contribution >= 0.6 is 0 Å². The third kappa shape index (κ3) is 6.88. The summed E-state index contributed by atoms with van der Waals surface area (Å²) in [6.45, 7) is 1.52. The van der Waals surface area contributed by atoms with Gasteiger partial charge in [-0.05, 0) is 43.0 Å². The van der Waals surface area contributed by atoms with Crippen LogP contribution in [0.5, 0.6) is 11.6 Å². The van der Waals surface area contributed by atoms with E-state index < -0.39 is 0 Å². The second-order valence-electron chi connectivity index (χ2n) is 9.36. The van der Waals surface area contributed by atoms with Gasteiger partial charge in [-0.3, -0.25) is 9.59 Å². The molecule has 3 aromatic rings. The molecule has 194 valence electrons.